The van der Waals surface area contributed by atoms with E-state index in [0.29, 0.717) is 18.3 Å². The van der Waals surface area contributed by atoms with E-state index in [2.05, 4.69) is 15.6 Å². The standard InChI is InChI=1S/C19H25N3O3S/c1-3-25-15-6-4-14(5-7-15)16-12-26-18(21-16)22-17(23)19(13-24-2)8-10-20-11-9-19/h4-7,12,20H,3,8-11,13H2,1-2H3,(H,21,22,23). The number of rotatable bonds is 7. The van der Waals surface area contributed by atoms with Crippen LogP contribution in [0, 0.1) is 5.41 Å². The molecule has 6 nitrogen and oxygen atoms in total. The molecular weight excluding hydrogens is 350 g/mol. The van der Waals surface area contributed by atoms with Crippen LogP contribution in [0.2, 0.25) is 0 Å². The monoisotopic (exact) mass is 375 g/mol. The lowest BCUT2D eigenvalue weighted by atomic mass is 9.79. The molecule has 1 aliphatic heterocycles. The van der Waals surface area contributed by atoms with Crippen molar-refractivity contribution >= 4 is 22.4 Å². The van der Waals surface area contributed by atoms with E-state index in [0.717, 1.165) is 42.9 Å². The van der Waals surface area contributed by atoms with E-state index in [9.17, 15) is 4.79 Å². The zero-order chi connectivity index (χ0) is 18.4. The van der Waals surface area contributed by atoms with Crippen LogP contribution in [0.25, 0.3) is 11.3 Å². The van der Waals surface area contributed by atoms with E-state index >= 15 is 0 Å². The van der Waals surface area contributed by atoms with Crippen LogP contribution in [-0.2, 0) is 9.53 Å². The highest BCUT2D eigenvalue weighted by Gasteiger charge is 2.40. The van der Waals surface area contributed by atoms with Crippen molar-refractivity contribution in [1.29, 1.82) is 0 Å². The van der Waals surface area contributed by atoms with Gasteiger partial charge in [0.15, 0.2) is 5.13 Å². The quantitative estimate of drug-likeness (QED) is 0.778. The predicted octanol–water partition coefficient (Wildman–Crippen LogP) is 3.16. The molecule has 0 aliphatic carbocycles. The molecule has 3 rings (SSSR count). The Balaban J connectivity index is 1.70. The van der Waals surface area contributed by atoms with Gasteiger partial charge < -0.3 is 20.1 Å². The van der Waals surface area contributed by atoms with Gasteiger partial charge in [-0.3, -0.25) is 4.79 Å². The minimum absolute atomic E-state index is 0.00607. The maximum atomic E-state index is 12.9. The summed E-state index contributed by atoms with van der Waals surface area (Å²) in [4.78, 5) is 17.4. The van der Waals surface area contributed by atoms with Crippen molar-refractivity contribution in [3.63, 3.8) is 0 Å². The number of anilines is 1. The summed E-state index contributed by atoms with van der Waals surface area (Å²) in [5.74, 6) is 0.834. The van der Waals surface area contributed by atoms with Crippen LogP contribution in [0.15, 0.2) is 29.6 Å². The molecule has 0 bridgehead atoms. The van der Waals surface area contributed by atoms with Gasteiger partial charge in [0.25, 0.3) is 0 Å². The summed E-state index contributed by atoms with van der Waals surface area (Å²) in [5.41, 5.74) is 1.36. The molecule has 26 heavy (non-hydrogen) atoms. The number of carbonyl (C=O) groups is 1. The Morgan fingerprint density at radius 1 is 1.31 bits per heavy atom. The molecule has 1 aromatic carbocycles. The number of amides is 1. The number of hydrogen-bond donors (Lipinski definition) is 2. The maximum absolute atomic E-state index is 12.9. The van der Waals surface area contributed by atoms with Gasteiger partial charge in [-0.15, -0.1) is 11.3 Å². The molecule has 0 atom stereocenters. The first-order chi connectivity index (χ1) is 12.7. The second-order valence-corrected chi connectivity index (χ2v) is 7.27. The molecule has 0 saturated carbocycles. The fraction of sp³-hybridized carbons (Fsp3) is 0.474. The van der Waals surface area contributed by atoms with Gasteiger partial charge >= 0.3 is 0 Å². The zero-order valence-electron chi connectivity index (χ0n) is 15.2. The smallest absolute Gasteiger partial charge is 0.234 e. The Morgan fingerprint density at radius 3 is 2.69 bits per heavy atom. The second-order valence-electron chi connectivity index (χ2n) is 6.41. The van der Waals surface area contributed by atoms with Gasteiger partial charge in [-0.1, -0.05) is 0 Å². The summed E-state index contributed by atoms with van der Waals surface area (Å²) in [7, 11) is 1.64. The number of benzene rings is 1. The van der Waals surface area contributed by atoms with Gasteiger partial charge in [0.1, 0.15) is 5.75 Å². The Morgan fingerprint density at radius 2 is 2.04 bits per heavy atom. The third kappa shape index (κ3) is 4.23. The van der Waals surface area contributed by atoms with E-state index < -0.39 is 5.41 Å². The first kappa shape index (κ1) is 18.8. The molecule has 1 aliphatic rings. The van der Waals surface area contributed by atoms with Crippen molar-refractivity contribution in [3.05, 3.63) is 29.6 Å². The van der Waals surface area contributed by atoms with E-state index in [-0.39, 0.29) is 5.91 Å². The average molecular weight is 375 g/mol. The van der Waals surface area contributed by atoms with Crippen LogP contribution in [0.4, 0.5) is 5.13 Å². The van der Waals surface area contributed by atoms with Crippen LogP contribution < -0.4 is 15.4 Å². The summed E-state index contributed by atoms with van der Waals surface area (Å²) >= 11 is 1.44. The Bertz CT molecular complexity index is 718. The molecule has 1 aromatic heterocycles. The van der Waals surface area contributed by atoms with Gasteiger partial charge in [-0.2, -0.15) is 0 Å². The Hall–Kier alpha value is -1.96. The molecule has 2 N–H and O–H groups in total. The third-order valence-corrected chi connectivity index (χ3v) is 5.41. The van der Waals surface area contributed by atoms with Gasteiger partial charge in [0, 0.05) is 18.1 Å². The number of hydrogen-bond acceptors (Lipinski definition) is 6. The fourth-order valence-corrected chi connectivity index (χ4v) is 3.92. The van der Waals surface area contributed by atoms with Crippen molar-refractivity contribution in [1.82, 2.24) is 10.3 Å². The lowest BCUT2D eigenvalue weighted by Crippen LogP contribution is -2.47. The van der Waals surface area contributed by atoms with E-state index in [1.54, 1.807) is 7.11 Å². The number of carbonyl (C=O) groups excluding carboxylic acids is 1. The normalized spacial score (nSPS) is 16.2. The number of ether oxygens (including phenoxy) is 2. The van der Waals surface area contributed by atoms with Crippen LogP contribution in [0.1, 0.15) is 19.8 Å². The number of aromatic nitrogens is 1. The molecule has 0 unspecified atom stereocenters. The lowest BCUT2D eigenvalue weighted by molar-refractivity contribution is -0.130. The molecular formula is C19H25N3O3S. The molecule has 140 valence electrons. The van der Waals surface area contributed by atoms with Crippen molar-refractivity contribution in [2.24, 2.45) is 5.41 Å². The molecule has 7 heteroatoms. The summed E-state index contributed by atoms with van der Waals surface area (Å²) in [5, 5.41) is 8.87. The van der Waals surface area contributed by atoms with Crippen molar-refractivity contribution in [3.8, 4) is 17.0 Å². The van der Waals surface area contributed by atoms with Gasteiger partial charge in [-0.25, -0.2) is 4.98 Å². The Labute approximate surface area is 157 Å². The largest absolute Gasteiger partial charge is 0.494 e. The zero-order valence-corrected chi connectivity index (χ0v) is 16.0. The molecule has 2 heterocycles. The highest BCUT2D eigenvalue weighted by molar-refractivity contribution is 7.14. The topological polar surface area (TPSA) is 72.5 Å². The highest BCUT2D eigenvalue weighted by atomic mass is 32.1. The van der Waals surface area contributed by atoms with Gasteiger partial charge in [0.05, 0.1) is 24.3 Å². The Kier molecular flexibility index (Phi) is 6.24. The van der Waals surface area contributed by atoms with E-state index in [1.807, 2.05) is 36.6 Å². The minimum Gasteiger partial charge on any atom is -0.494 e. The first-order valence-electron chi connectivity index (χ1n) is 8.87. The number of nitrogens with one attached hydrogen (secondary N) is 2. The van der Waals surface area contributed by atoms with Gasteiger partial charge in [-0.05, 0) is 57.1 Å². The lowest BCUT2D eigenvalue weighted by Gasteiger charge is -2.35. The van der Waals surface area contributed by atoms with E-state index in [4.69, 9.17) is 9.47 Å². The summed E-state index contributed by atoms with van der Waals surface area (Å²) < 4.78 is 10.8. The molecule has 1 saturated heterocycles. The van der Waals surface area contributed by atoms with Crippen LogP contribution in [0.3, 0.4) is 0 Å². The SMILES string of the molecule is CCOc1ccc(-c2csc(NC(=O)C3(COC)CCNCC3)n2)cc1. The second kappa shape index (κ2) is 8.62. The van der Waals surface area contributed by atoms with Crippen molar-refractivity contribution in [2.45, 2.75) is 19.8 Å². The number of methoxy groups -OCH3 is 1. The van der Waals surface area contributed by atoms with E-state index in [1.165, 1.54) is 11.3 Å². The first-order valence-corrected chi connectivity index (χ1v) is 9.75. The number of thiazole rings is 1. The number of nitrogens with zero attached hydrogens (tertiary/aromatic N) is 1. The van der Waals surface area contributed by atoms with Crippen molar-refractivity contribution < 1.29 is 14.3 Å². The molecule has 0 radical (unpaired) electrons. The summed E-state index contributed by atoms with van der Waals surface area (Å²) in [6.07, 6.45) is 1.54. The van der Waals surface area contributed by atoms with Crippen LogP contribution >= 0.6 is 11.3 Å². The third-order valence-electron chi connectivity index (χ3n) is 4.65. The molecule has 2 aromatic rings. The highest BCUT2D eigenvalue weighted by Crippen LogP contribution is 2.32. The molecule has 1 amide bonds. The van der Waals surface area contributed by atoms with Gasteiger partial charge in [0.2, 0.25) is 5.91 Å². The minimum atomic E-state index is -0.481. The fourth-order valence-electron chi connectivity index (χ4n) is 3.20. The molecule has 0 spiro atoms. The van der Waals surface area contributed by atoms with Crippen LogP contribution in [0.5, 0.6) is 5.75 Å². The van der Waals surface area contributed by atoms with Crippen molar-refractivity contribution in [2.75, 3.05) is 38.7 Å². The summed E-state index contributed by atoms with van der Waals surface area (Å²) in [6, 6.07) is 7.81. The maximum Gasteiger partial charge on any atom is 0.234 e. The predicted molar refractivity (Wildman–Crippen MR) is 104 cm³/mol. The summed E-state index contributed by atoms with van der Waals surface area (Å²) in [6.45, 7) is 4.68. The molecule has 1 fully saturated rings. The number of piperidine rings is 1. The van der Waals surface area contributed by atoms with Crippen LogP contribution in [-0.4, -0.2) is 44.3 Å². The average Bonchev–Trinajstić information content (AvgIpc) is 3.12.